The number of hydrogen-bond donors (Lipinski definition) is 0. The van der Waals surface area contributed by atoms with Crippen molar-refractivity contribution in [2.24, 2.45) is 0 Å². The van der Waals surface area contributed by atoms with Crippen LogP contribution in [0.4, 0.5) is 0 Å². The maximum Gasteiger partial charge on any atom is 0.303 e. The van der Waals surface area contributed by atoms with Gasteiger partial charge in [0.05, 0.1) is 0 Å². The van der Waals surface area contributed by atoms with Crippen molar-refractivity contribution in [3.63, 3.8) is 0 Å². The van der Waals surface area contributed by atoms with E-state index in [9.17, 15) is 38.4 Å². The molecule has 7 rings (SSSR count). The molecule has 0 N–H and O–H groups in total. The molecular weight excluding hydrogens is 921 g/mol. The third-order valence-electron chi connectivity index (χ3n) is 12.0. The van der Waals surface area contributed by atoms with Gasteiger partial charge in [-0.05, 0) is 70.5 Å². The molecule has 4 aliphatic heterocycles. The predicted molar refractivity (Wildman–Crippen MR) is 237 cm³/mol. The van der Waals surface area contributed by atoms with Crippen molar-refractivity contribution >= 4 is 47.8 Å². The molecular formula is C50H54O20. The highest BCUT2D eigenvalue weighted by molar-refractivity contribution is 5.74. The second kappa shape index (κ2) is 20.9. The fourth-order valence-electron chi connectivity index (χ4n) is 9.31. The van der Waals surface area contributed by atoms with Gasteiger partial charge in [-0.3, -0.25) is 38.4 Å². The van der Waals surface area contributed by atoms with Crippen LogP contribution in [0.25, 0.3) is 22.3 Å². The maximum atomic E-state index is 12.5. The van der Waals surface area contributed by atoms with Crippen molar-refractivity contribution in [1.82, 2.24) is 0 Å². The van der Waals surface area contributed by atoms with Crippen LogP contribution in [-0.4, -0.2) is 121 Å². The summed E-state index contributed by atoms with van der Waals surface area (Å²) < 4.78 is 70.3. The average molecular weight is 975 g/mol. The molecule has 3 aromatic carbocycles. The molecule has 0 saturated carbocycles. The summed E-state index contributed by atoms with van der Waals surface area (Å²) in [6.45, 7) is 8.56. The zero-order valence-electron chi connectivity index (χ0n) is 39.8. The molecule has 0 aromatic heterocycles. The Morgan fingerprint density at radius 3 is 1.06 bits per heavy atom. The van der Waals surface area contributed by atoms with Gasteiger partial charge in [-0.25, -0.2) is 0 Å². The first-order valence-corrected chi connectivity index (χ1v) is 22.6. The number of carbonyl (C=O) groups excluding carboxylic acids is 8. The number of esters is 8. The van der Waals surface area contributed by atoms with Gasteiger partial charge in [-0.1, -0.05) is 36.4 Å². The number of rotatable bonds is 12. The standard InChI is InChI=1S/C50H54O20/c1-25(51)59-23-41-43(61-27(3)53)45(63-29(5)55)47(65-31(7)57)49(69-41)19-17-37-21-35(13-15-39(37)67-49)33-9-11-34(12-10-33)36-14-16-40-38(22-36)18-20-50(68-40)48(66-32(8)58)46(64-30(6)56)44(62-28(4)54)42(70-50)24-60-26(2)52/h9-16,21-22,41-48H,17-20,23-24H2,1-8H3. The van der Waals surface area contributed by atoms with Crippen LogP contribution >= 0.6 is 0 Å². The Hall–Kier alpha value is -7.06. The third kappa shape index (κ3) is 11.3. The van der Waals surface area contributed by atoms with E-state index in [0.29, 0.717) is 24.3 Å². The second-order valence-corrected chi connectivity index (χ2v) is 17.3. The fourth-order valence-corrected chi connectivity index (χ4v) is 9.31. The Kier molecular flexibility index (Phi) is 15.2. The van der Waals surface area contributed by atoms with Gasteiger partial charge in [-0.15, -0.1) is 0 Å². The monoisotopic (exact) mass is 974 g/mol. The molecule has 0 bridgehead atoms. The van der Waals surface area contributed by atoms with E-state index in [-0.39, 0.29) is 12.8 Å². The molecule has 374 valence electrons. The molecule has 70 heavy (non-hydrogen) atoms. The van der Waals surface area contributed by atoms with Gasteiger partial charge < -0.3 is 56.8 Å². The molecule has 4 aliphatic rings. The van der Waals surface area contributed by atoms with Crippen LogP contribution in [0.1, 0.15) is 79.4 Å². The number of fused-ring (bicyclic) bond motifs is 2. The molecule has 20 heteroatoms. The van der Waals surface area contributed by atoms with E-state index in [1.165, 1.54) is 27.7 Å². The summed E-state index contributed by atoms with van der Waals surface area (Å²) in [6.07, 6.45) is -9.69. The van der Waals surface area contributed by atoms with E-state index in [4.69, 9.17) is 56.8 Å². The van der Waals surface area contributed by atoms with Crippen molar-refractivity contribution in [1.29, 1.82) is 0 Å². The Morgan fingerprint density at radius 1 is 0.429 bits per heavy atom. The molecule has 10 atom stereocenters. The van der Waals surface area contributed by atoms with E-state index in [0.717, 1.165) is 61.1 Å². The summed E-state index contributed by atoms with van der Waals surface area (Å²) in [5.74, 6) is -8.44. The highest BCUT2D eigenvalue weighted by atomic mass is 16.8. The summed E-state index contributed by atoms with van der Waals surface area (Å²) in [6, 6.07) is 19.0. The second-order valence-electron chi connectivity index (χ2n) is 17.3. The van der Waals surface area contributed by atoms with E-state index in [1.807, 2.05) is 48.5 Å². The number of benzene rings is 3. The minimum absolute atomic E-state index is 0.0948. The largest absolute Gasteiger partial charge is 0.463 e. The molecule has 20 nitrogen and oxygen atoms in total. The maximum absolute atomic E-state index is 12.5. The first-order valence-electron chi connectivity index (χ1n) is 22.6. The van der Waals surface area contributed by atoms with E-state index >= 15 is 0 Å². The van der Waals surface area contributed by atoms with Crippen LogP contribution in [0.2, 0.25) is 0 Å². The molecule has 0 radical (unpaired) electrons. The summed E-state index contributed by atoms with van der Waals surface area (Å²) in [5, 5.41) is 0. The van der Waals surface area contributed by atoms with Crippen molar-refractivity contribution in [3.8, 4) is 33.8 Å². The van der Waals surface area contributed by atoms with Crippen LogP contribution in [0.3, 0.4) is 0 Å². The van der Waals surface area contributed by atoms with Crippen molar-refractivity contribution in [2.45, 2.75) is 141 Å². The SMILES string of the molecule is CC(=O)OCC1OC2(CCc3cc(-c4ccc(-c5ccc6c(c5)CCC5(O6)OC(COC(C)=O)C(OC(C)=O)C(OC(C)=O)C5OC(C)=O)cc4)ccc3O2)C(OC(C)=O)C(OC(C)=O)C1OC(C)=O. The topological polar surface area (TPSA) is 247 Å². The van der Waals surface area contributed by atoms with E-state index in [1.54, 1.807) is 12.1 Å². The minimum Gasteiger partial charge on any atom is -0.463 e. The summed E-state index contributed by atoms with van der Waals surface area (Å²) in [4.78, 5) is 98.1. The molecule has 2 fully saturated rings. The quantitative estimate of drug-likeness (QED) is 0.178. The first-order chi connectivity index (χ1) is 33.2. The molecule has 0 aliphatic carbocycles. The summed E-state index contributed by atoms with van der Waals surface area (Å²) in [5.41, 5.74) is 5.08. The highest BCUT2D eigenvalue weighted by Gasteiger charge is 2.64. The summed E-state index contributed by atoms with van der Waals surface area (Å²) >= 11 is 0. The van der Waals surface area contributed by atoms with Gasteiger partial charge in [0.25, 0.3) is 11.6 Å². The van der Waals surface area contributed by atoms with Crippen molar-refractivity contribution < 1.29 is 95.2 Å². The molecule has 0 amide bonds. The van der Waals surface area contributed by atoms with E-state index < -0.39 is 121 Å². The Bertz CT molecular complexity index is 2360. The van der Waals surface area contributed by atoms with Gasteiger partial charge in [0.1, 0.15) is 36.9 Å². The third-order valence-corrected chi connectivity index (χ3v) is 12.0. The minimum atomic E-state index is -1.74. The summed E-state index contributed by atoms with van der Waals surface area (Å²) in [7, 11) is 0. The smallest absolute Gasteiger partial charge is 0.303 e. The lowest BCUT2D eigenvalue weighted by Crippen LogP contribution is -2.70. The zero-order chi connectivity index (χ0) is 50.7. The molecule has 2 spiro atoms. The predicted octanol–water partition coefficient (Wildman–Crippen LogP) is 4.58. The Morgan fingerprint density at radius 2 is 0.743 bits per heavy atom. The number of ether oxygens (including phenoxy) is 12. The van der Waals surface area contributed by atoms with Crippen LogP contribution in [0, 0.1) is 0 Å². The number of aryl methyl sites for hydroxylation is 2. The van der Waals surface area contributed by atoms with Gasteiger partial charge in [0.2, 0.25) is 12.2 Å². The molecule has 3 aromatic rings. The molecule has 2 saturated heterocycles. The normalized spacial score (nSPS) is 27.4. The number of hydrogen-bond acceptors (Lipinski definition) is 20. The molecule has 10 unspecified atom stereocenters. The van der Waals surface area contributed by atoms with Crippen molar-refractivity contribution in [3.05, 3.63) is 71.8 Å². The number of carbonyl (C=O) groups is 8. The van der Waals surface area contributed by atoms with Gasteiger partial charge in [-0.2, -0.15) is 0 Å². The molecule has 4 heterocycles. The fraction of sp³-hybridized carbons (Fsp3) is 0.480. The van der Waals surface area contributed by atoms with Crippen LogP contribution in [0.15, 0.2) is 60.7 Å². The van der Waals surface area contributed by atoms with Gasteiger partial charge in [0, 0.05) is 68.2 Å². The lowest BCUT2D eigenvalue weighted by Gasteiger charge is -2.52. The highest BCUT2D eigenvalue weighted by Crippen LogP contribution is 2.47. The van der Waals surface area contributed by atoms with Gasteiger partial charge in [0.15, 0.2) is 24.4 Å². The first kappa shape index (κ1) is 50.8. The lowest BCUT2D eigenvalue weighted by atomic mass is 9.85. The Balaban J connectivity index is 1.12. The van der Waals surface area contributed by atoms with E-state index in [2.05, 4.69) is 0 Å². The van der Waals surface area contributed by atoms with Gasteiger partial charge >= 0.3 is 47.8 Å². The van der Waals surface area contributed by atoms with Crippen LogP contribution < -0.4 is 9.47 Å². The van der Waals surface area contributed by atoms with Crippen LogP contribution in [0.5, 0.6) is 11.5 Å². The average Bonchev–Trinajstić information content (AvgIpc) is 3.28. The van der Waals surface area contributed by atoms with Crippen molar-refractivity contribution in [2.75, 3.05) is 13.2 Å². The lowest BCUT2D eigenvalue weighted by molar-refractivity contribution is -0.345. The zero-order valence-corrected chi connectivity index (χ0v) is 39.8. The Labute approximate surface area is 402 Å². The van der Waals surface area contributed by atoms with Crippen LogP contribution in [-0.2, 0) is 98.6 Å².